The standard InChI is InChI=1S/C22H36N2O3/c1-12(20(26)23-15-6-7-15)16-8-10-22(3)11-9-17(13(2)18(22)19(16)25)24-21(27)14-4-5-14/h12-19,25H,4-11H2,1-3H3,(H,23,26)(H,24,27)/t12-,13+,16-,17-,18+,19-,22-/m0/s1. The van der Waals surface area contributed by atoms with Crippen LogP contribution < -0.4 is 10.6 Å². The summed E-state index contributed by atoms with van der Waals surface area (Å²) in [7, 11) is 0. The Morgan fingerprint density at radius 2 is 1.70 bits per heavy atom. The monoisotopic (exact) mass is 376 g/mol. The van der Waals surface area contributed by atoms with E-state index in [2.05, 4.69) is 24.5 Å². The van der Waals surface area contributed by atoms with Crippen LogP contribution in [0.2, 0.25) is 0 Å². The number of hydrogen-bond donors (Lipinski definition) is 3. The van der Waals surface area contributed by atoms with E-state index in [1.54, 1.807) is 0 Å². The molecule has 4 saturated carbocycles. The van der Waals surface area contributed by atoms with E-state index in [1.165, 1.54) is 0 Å². The highest BCUT2D eigenvalue weighted by atomic mass is 16.3. The van der Waals surface area contributed by atoms with E-state index < -0.39 is 6.10 Å². The second kappa shape index (κ2) is 7.06. The van der Waals surface area contributed by atoms with Gasteiger partial charge in [-0.1, -0.05) is 20.8 Å². The molecule has 0 aromatic heterocycles. The first-order valence-corrected chi connectivity index (χ1v) is 11.1. The van der Waals surface area contributed by atoms with Crippen molar-refractivity contribution in [1.82, 2.24) is 10.6 Å². The topological polar surface area (TPSA) is 78.4 Å². The highest BCUT2D eigenvalue weighted by Gasteiger charge is 2.54. The second-order valence-corrected chi connectivity index (χ2v) is 10.2. The van der Waals surface area contributed by atoms with Crippen LogP contribution >= 0.6 is 0 Å². The molecule has 5 nitrogen and oxygen atoms in total. The molecule has 0 radical (unpaired) electrons. The summed E-state index contributed by atoms with van der Waals surface area (Å²) in [6.07, 6.45) is 7.77. The number of amides is 2. The molecule has 2 amide bonds. The Morgan fingerprint density at radius 1 is 1.04 bits per heavy atom. The van der Waals surface area contributed by atoms with E-state index >= 15 is 0 Å². The summed E-state index contributed by atoms with van der Waals surface area (Å²) in [4.78, 5) is 24.9. The highest BCUT2D eigenvalue weighted by Crippen LogP contribution is 2.55. The SMILES string of the molecule is C[C@H]1[C@@H]2[C@@H](O)[C@H]([C@H](C)C(=O)NC3CC3)CC[C@@]2(C)CC[C@@H]1NC(=O)C1CC1. The number of rotatable bonds is 5. The molecule has 0 aromatic rings. The van der Waals surface area contributed by atoms with Gasteiger partial charge in [0.15, 0.2) is 0 Å². The lowest BCUT2D eigenvalue weighted by Gasteiger charge is -2.56. The van der Waals surface area contributed by atoms with Crippen LogP contribution in [0.15, 0.2) is 0 Å². The number of carbonyl (C=O) groups is 2. The van der Waals surface area contributed by atoms with Gasteiger partial charge < -0.3 is 15.7 Å². The molecule has 5 heteroatoms. The van der Waals surface area contributed by atoms with Gasteiger partial charge in [-0.05, 0) is 74.5 Å². The van der Waals surface area contributed by atoms with Gasteiger partial charge in [0.25, 0.3) is 0 Å². The molecular formula is C22H36N2O3. The van der Waals surface area contributed by atoms with Crippen molar-refractivity contribution >= 4 is 11.8 Å². The lowest BCUT2D eigenvalue weighted by molar-refractivity contribution is -0.144. The molecule has 0 aliphatic heterocycles. The van der Waals surface area contributed by atoms with Crippen LogP contribution in [0, 0.1) is 35.0 Å². The third-order valence-corrected chi connectivity index (χ3v) is 8.14. The minimum atomic E-state index is -0.473. The predicted molar refractivity (Wildman–Crippen MR) is 104 cm³/mol. The molecule has 4 aliphatic rings. The molecule has 4 fully saturated rings. The fourth-order valence-corrected chi connectivity index (χ4v) is 5.90. The molecule has 0 spiro atoms. The first kappa shape index (κ1) is 19.2. The van der Waals surface area contributed by atoms with Crippen LogP contribution in [0.25, 0.3) is 0 Å². The number of hydrogen-bond acceptors (Lipinski definition) is 3. The number of aliphatic hydroxyl groups excluding tert-OH is 1. The summed E-state index contributed by atoms with van der Waals surface area (Å²) in [5, 5.41) is 17.7. The average Bonchev–Trinajstić information content (AvgIpc) is 3.50. The normalized spacial score (nSPS) is 42.7. The number of carbonyl (C=O) groups excluding carboxylic acids is 2. The molecule has 4 rings (SSSR count). The lowest BCUT2D eigenvalue weighted by Crippen LogP contribution is -2.58. The van der Waals surface area contributed by atoms with Gasteiger partial charge in [0.05, 0.1) is 6.10 Å². The molecule has 0 aromatic carbocycles. The maximum Gasteiger partial charge on any atom is 0.223 e. The molecule has 0 saturated heterocycles. The van der Waals surface area contributed by atoms with Gasteiger partial charge in [-0.3, -0.25) is 9.59 Å². The van der Waals surface area contributed by atoms with Crippen molar-refractivity contribution in [3.05, 3.63) is 0 Å². The van der Waals surface area contributed by atoms with Gasteiger partial charge in [0, 0.05) is 23.9 Å². The number of nitrogens with one attached hydrogen (secondary N) is 2. The molecule has 0 bridgehead atoms. The van der Waals surface area contributed by atoms with Gasteiger partial charge in [0.2, 0.25) is 11.8 Å². The van der Waals surface area contributed by atoms with Crippen molar-refractivity contribution < 1.29 is 14.7 Å². The van der Waals surface area contributed by atoms with Crippen molar-refractivity contribution in [2.75, 3.05) is 0 Å². The van der Waals surface area contributed by atoms with E-state index in [0.29, 0.717) is 6.04 Å². The Bertz CT molecular complexity index is 600. The molecule has 27 heavy (non-hydrogen) atoms. The highest BCUT2D eigenvalue weighted by molar-refractivity contribution is 5.81. The van der Waals surface area contributed by atoms with Crippen molar-refractivity contribution in [3.63, 3.8) is 0 Å². The van der Waals surface area contributed by atoms with Crippen LogP contribution in [0.5, 0.6) is 0 Å². The van der Waals surface area contributed by atoms with E-state index in [-0.39, 0.29) is 52.9 Å². The van der Waals surface area contributed by atoms with E-state index in [9.17, 15) is 14.7 Å². The van der Waals surface area contributed by atoms with E-state index in [0.717, 1.165) is 51.4 Å². The summed E-state index contributed by atoms with van der Waals surface area (Å²) in [5.41, 5.74) is 0.114. The summed E-state index contributed by atoms with van der Waals surface area (Å²) in [6.45, 7) is 6.48. The minimum Gasteiger partial charge on any atom is -0.392 e. The fraction of sp³-hybridized carbons (Fsp3) is 0.909. The van der Waals surface area contributed by atoms with Gasteiger partial charge >= 0.3 is 0 Å². The van der Waals surface area contributed by atoms with Crippen LogP contribution in [-0.4, -0.2) is 35.1 Å². The fourth-order valence-electron chi connectivity index (χ4n) is 5.90. The van der Waals surface area contributed by atoms with E-state index in [4.69, 9.17) is 0 Å². The van der Waals surface area contributed by atoms with Crippen molar-refractivity contribution in [3.8, 4) is 0 Å². The molecule has 3 N–H and O–H groups in total. The quantitative estimate of drug-likeness (QED) is 0.690. The summed E-state index contributed by atoms with van der Waals surface area (Å²) >= 11 is 0. The first-order chi connectivity index (χ1) is 12.8. The Morgan fingerprint density at radius 3 is 2.33 bits per heavy atom. The van der Waals surface area contributed by atoms with Crippen LogP contribution in [-0.2, 0) is 9.59 Å². The van der Waals surface area contributed by atoms with E-state index in [1.807, 2.05) is 6.92 Å². The maximum absolute atomic E-state index is 12.6. The van der Waals surface area contributed by atoms with Crippen LogP contribution in [0.3, 0.4) is 0 Å². The smallest absolute Gasteiger partial charge is 0.223 e. The maximum atomic E-state index is 12.6. The molecule has 4 aliphatic carbocycles. The molecule has 0 unspecified atom stereocenters. The summed E-state index contributed by atoms with van der Waals surface area (Å²) in [6, 6.07) is 0.516. The van der Waals surface area contributed by atoms with Crippen LogP contribution in [0.4, 0.5) is 0 Å². The largest absolute Gasteiger partial charge is 0.392 e. The third kappa shape index (κ3) is 3.76. The zero-order valence-electron chi connectivity index (χ0n) is 17.0. The Hall–Kier alpha value is -1.10. The Kier molecular flexibility index (Phi) is 5.02. The zero-order valence-corrected chi connectivity index (χ0v) is 17.0. The molecule has 7 atom stereocenters. The van der Waals surface area contributed by atoms with Gasteiger partial charge in [0.1, 0.15) is 0 Å². The Labute approximate surface area is 163 Å². The van der Waals surface area contributed by atoms with Gasteiger partial charge in [-0.25, -0.2) is 0 Å². The van der Waals surface area contributed by atoms with Crippen molar-refractivity contribution in [2.45, 2.75) is 90.3 Å². The second-order valence-electron chi connectivity index (χ2n) is 10.2. The molecular weight excluding hydrogens is 340 g/mol. The number of fused-ring (bicyclic) bond motifs is 1. The molecule has 0 heterocycles. The van der Waals surface area contributed by atoms with Crippen LogP contribution in [0.1, 0.15) is 72.1 Å². The van der Waals surface area contributed by atoms with Crippen molar-refractivity contribution in [2.24, 2.45) is 35.0 Å². The third-order valence-electron chi connectivity index (χ3n) is 8.14. The predicted octanol–water partition coefficient (Wildman–Crippen LogP) is 2.62. The molecule has 152 valence electrons. The minimum absolute atomic E-state index is 0.0159. The average molecular weight is 377 g/mol. The lowest BCUT2D eigenvalue weighted by atomic mass is 9.51. The number of aliphatic hydroxyl groups is 1. The summed E-state index contributed by atoms with van der Waals surface area (Å²) in [5.74, 6) is 0.775. The first-order valence-electron chi connectivity index (χ1n) is 11.1. The van der Waals surface area contributed by atoms with Gasteiger partial charge in [-0.15, -0.1) is 0 Å². The van der Waals surface area contributed by atoms with Crippen molar-refractivity contribution in [1.29, 1.82) is 0 Å². The van der Waals surface area contributed by atoms with Gasteiger partial charge in [-0.2, -0.15) is 0 Å². The summed E-state index contributed by atoms with van der Waals surface area (Å²) < 4.78 is 0. The zero-order chi connectivity index (χ0) is 19.3. The Balaban J connectivity index is 1.45.